The molecule has 2 aliphatic heterocycles. The van der Waals surface area contributed by atoms with Crippen LogP contribution in [0.2, 0.25) is 5.02 Å². The fourth-order valence-corrected chi connectivity index (χ4v) is 4.85. The molecule has 3 heterocycles. The van der Waals surface area contributed by atoms with Crippen molar-refractivity contribution in [1.82, 2.24) is 20.5 Å². The van der Waals surface area contributed by atoms with Gasteiger partial charge < -0.3 is 10.6 Å². The van der Waals surface area contributed by atoms with Crippen molar-refractivity contribution in [3.05, 3.63) is 51.4 Å². The quantitative estimate of drug-likeness (QED) is 0.751. The zero-order valence-corrected chi connectivity index (χ0v) is 16.4. The zero-order chi connectivity index (χ0) is 18.9. The molecule has 0 spiro atoms. The van der Waals surface area contributed by atoms with Crippen LogP contribution >= 0.6 is 22.9 Å². The first kappa shape index (κ1) is 18.4. The van der Waals surface area contributed by atoms with Crippen LogP contribution in [-0.2, 0) is 17.8 Å². The molecule has 0 radical (unpaired) electrons. The van der Waals surface area contributed by atoms with Gasteiger partial charge in [-0.25, -0.2) is 4.79 Å². The SMILES string of the molecule is O=C1NC(Cc2ccccc2Cl)(C2CCNCC2)C(=O)N1Cc1cncs1. The molecule has 0 bridgehead atoms. The summed E-state index contributed by atoms with van der Waals surface area (Å²) in [6, 6.07) is 7.20. The first-order valence-electron chi connectivity index (χ1n) is 9.06. The molecule has 8 heteroatoms. The van der Waals surface area contributed by atoms with Gasteiger partial charge in [-0.2, -0.15) is 0 Å². The van der Waals surface area contributed by atoms with E-state index in [1.807, 2.05) is 24.3 Å². The Bertz CT molecular complexity index is 838. The van der Waals surface area contributed by atoms with Gasteiger partial charge in [0.2, 0.25) is 0 Å². The number of imide groups is 1. The van der Waals surface area contributed by atoms with E-state index in [0.717, 1.165) is 36.4 Å². The van der Waals surface area contributed by atoms with Gasteiger partial charge in [-0.3, -0.25) is 14.7 Å². The average Bonchev–Trinajstić information content (AvgIpc) is 3.28. The maximum Gasteiger partial charge on any atom is 0.325 e. The van der Waals surface area contributed by atoms with E-state index in [-0.39, 0.29) is 24.4 Å². The van der Waals surface area contributed by atoms with Gasteiger partial charge in [0.05, 0.1) is 12.1 Å². The number of rotatable bonds is 5. The van der Waals surface area contributed by atoms with Crippen LogP contribution in [0.1, 0.15) is 23.3 Å². The predicted molar refractivity (Wildman–Crippen MR) is 105 cm³/mol. The van der Waals surface area contributed by atoms with Crippen LogP contribution in [-0.4, -0.2) is 40.5 Å². The minimum absolute atomic E-state index is 0.0675. The maximum atomic E-state index is 13.5. The van der Waals surface area contributed by atoms with Crippen molar-refractivity contribution < 1.29 is 9.59 Å². The lowest BCUT2D eigenvalue weighted by Crippen LogP contribution is -2.57. The number of amides is 3. The normalized spacial score (nSPS) is 23.7. The smallest absolute Gasteiger partial charge is 0.322 e. The van der Waals surface area contributed by atoms with Crippen molar-refractivity contribution in [2.75, 3.05) is 13.1 Å². The zero-order valence-electron chi connectivity index (χ0n) is 14.8. The molecule has 2 N–H and O–H groups in total. The molecule has 1 aromatic heterocycles. The van der Waals surface area contributed by atoms with Crippen LogP contribution in [0.25, 0.3) is 0 Å². The van der Waals surface area contributed by atoms with E-state index >= 15 is 0 Å². The summed E-state index contributed by atoms with van der Waals surface area (Å²) >= 11 is 7.82. The van der Waals surface area contributed by atoms with Crippen molar-refractivity contribution >= 4 is 34.9 Å². The molecule has 1 unspecified atom stereocenters. The molecule has 2 aromatic rings. The number of nitrogens with one attached hydrogen (secondary N) is 2. The topological polar surface area (TPSA) is 74.3 Å². The van der Waals surface area contributed by atoms with Gasteiger partial charge in [0.25, 0.3) is 5.91 Å². The van der Waals surface area contributed by atoms with Gasteiger partial charge in [0.15, 0.2) is 0 Å². The summed E-state index contributed by atoms with van der Waals surface area (Å²) in [6.07, 6.45) is 3.78. The molecular weight excluding hydrogens is 384 g/mol. The fourth-order valence-electron chi connectivity index (χ4n) is 4.06. The van der Waals surface area contributed by atoms with Crippen LogP contribution in [0, 0.1) is 5.92 Å². The van der Waals surface area contributed by atoms with Gasteiger partial charge in [-0.05, 0) is 43.5 Å². The van der Waals surface area contributed by atoms with Gasteiger partial charge in [0, 0.05) is 22.5 Å². The monoisotopic (exact) mass is 404 g/mol. The van der Waals surface area contributed by atoms with Crippen molar-refractivity contribution in [3.63, 3.8) is 0 Å². The molecule has 1 atom stereocenters. The average molecular weight is 405 g/mol. The molecule has 2 fully saturated rings. The summed E-state index contributed by atoms with van der Waals surface area (Å²) in [5.41, 5.74) is 1.64. The van der Waals surface area contributed by atoms with E-state index in [1.165, 1.54) is 16.2 Å². The van der Waals surface area contributed by atoms with Gasteiger partial charge >= 0.3 is 6.03 Å². The number of halogens is 1. The highest BCUT2D eigenvalue weighted by Gasteiger charge is 2.55. The van der Waals surface area contributed by atoms with Crippen LogP contribution in [0.15, 0.2) is 36.0 Å². The van der Waals surface area contributed by atoms with Gasteiger partial charge in [0.1, 0.15) is 5.54 Å². The molecule has 0 saturated carbocycles. The Labute approximate surface area is 166 Å². The summed E-state index contributed by atoms with van der Waals surface area (Å²) in [5.74, 6) is -0.0920. The molecule has 2 aliphatic rings. The second kappa shape index (κ2) is 7.58. The number of hydrogen-bond donors (Lipinski definition) is 2. The number of thiazole rings is 1. The molecule has 3 amide bonds. The number of carbonyl (C=O) groups is 2. The van der Waals surface area contributed by atoms with Crippen molar-refractivity contribution in [2.24, 2.45) is 5.92 Å². The number of nitrogens with zero attached hydrogens (tertiary/aromatic N) is 2. The minimum Gasteiger partial charge on any atom is -0.322 e. The Morgan fingerprint density at radius 2 is 2.04 bits per heavy atom. The lowest BCUT2D eigenvalue weighted by molar-refractivity contribution is -0.134. The molecule has 27 heavy (non-hydrogen) atoms. The highest BCUT2D eigenvalue weighted by atomic mass is 35.5. The van der Waals surface area contributed by atoms with E-state index in [9.17, 15) is 9.59 Å². The number of benzene rings is 1. The standard InChI is InChI=1S/C19H21ClN4O2S/c20-16-4-2-1-3-13(16)9-19(14-5-7-21-8-6-14)17(25)24(18(26)23-19)11-15-10-22-12-27-15/h1-4,10,12,14,21H,5-9,11H2,(H,23,26). The van der Waals surface area contributed by atoms with Crippen LogP contribution in [0.3, 0.4) is 0 Å². The molecule has 1 aromatic carbocycles. The van der Waals surface area contributed by atoms with Crippen LogP contribution < -0.4 is 10.6 Å². The van der Waals surface area contributed by atoms with E-state index in [1.54, 1.807) is 11.7 Å². The fraction of sp³-hybridized carbons (Fsp3) is 0.421. The van der Waals surface area contributed by atoms with Crippen molar-refractivity contribution in [2.45, 2.75) is 31.3 Å². The highest BCUT2D eigenvalue weighted by Crippen LogP contribution is 2.37. The number of aromatic nitrogens is 1. The molecule has 0 aliphatic carbocycles. The number of urea groups is 1. The first-order valence-corrected chi connectivity index (χ1v) is 10.3. The molecule has 6 nitrogen and oxygen atoms in total. The van der Waals surface area contributed by atoms with Gasteiger partial charge in [-0.15, -0.1) is 11.3 Å². The Balaban J connectivity index is 1.68. The van der Waals surface area contributed by atoms with E-state index in [2.05, 4.69) is 15.6 Å². The van der Waals surface area contributed by atoms with E-state index < -0.39 is 5.54 Å². The molecular formula is C19H21ClN4O2S. The summed E-state index contributed by atoms with van der Waals surface area (Å²) < 4.78 is 0. The minimum atomic E-state index is -0.950. The maximum absolute atomic E-state index is 13.5. The third-order valence-electron chi connectivity index (χ3n) is 5.46. The largest absolute Gasteiger partial charge is 0.325 e. The highest BCUT2D eigenvalue weighted by molar-refractivity contribution is 7.09. The first-order chi connectivity index (χ1) is 13.1. The molecule has 142 valence electrons. The lowest BCUT2D eigenvalue weighted by Gasteiger charge is -2.38. The third-order valence-corrected chi connectivity index (χ3v) is 6.60. The summed E-state index contributed by atoms with van der Waals surface area (Å²) in [5, 5.41) is 7.01. The van der Waals surface area contributed by atoms with Crippen molar-refractivity contribution in [3.8, 4) is 0 Å². The second-order valence-corrected chi connectivity index (χ2v) is 8.43. The second-order valence-electron chi connectivity index (χ2n) is 7.05. The summed E-state index contributed by atoms with van der Waals surface area (Å²) in [6.45, 7) is 1.93. The van der Waals surface area contributed by atoms with Gasteiger partial charge in [-0.1, -0.05) is 29.8 Å². The molecule has 4 rings (SSSR count). The van der Waals surface area contributed by atoms with Crippen LogP contribution in [0.5, 0.6) is 0 Å². The Kier molecular flexibility index (Phi) is 5.16. The van der Waals surface area contributed by atoms with Crippen molar-refractivity contribution in [1.29, 1.82) is 0 Å². The lowest BCUT2D eigenvalue weighted by atomic mass is 9.74. The Hall–Kier alpha value is -1.96. The predicted octanol–water partition coefficient (Wildman–Crippen LogP) is 2.83. The summed E-state index contributed by atoms with van der Waals surface area (Å²) in [7, 11) is 0. The van der Waals surface area contributed by atoms with E-state index in [4.69, 9.17) is 11.6 Å². The number of piperidine rings is 1. The Morgan fingerprint density at radius 1 is 1.26 bits per heavy atom. The summed E-state index contributed by atoms with van der Waals surface area (Å²) in [4.78, 5) is 32.6. The third kappa shape index (κ3) is 3.47. The number of carbonyl (C=O) groups excluding carboxylic acids is 2. The van der Waals surface area contributed by atoms with Crippen LogP contribution in [0.4, 0.5) is 4.79 Å². The number of hydrogen-bond acceptors (Lipinski definition) is 5. The molecule has 2 saturated heterocycles. The van der Waals surface area contributed by atoms with E-state index in [0.29, 0.717) is 11.4 Å². The Morgan fingerprint density at radius 3 is 2.74 bits per heavy atom.